The van der Waals surface area contributed by atoms with Gasteiger partial charge in [0.2, 0.25) is 0 Å². The lowest BCUT2D eigenvalue weighted by Gasteiger charge is -2.07. The summed E-state index contributed by atoms with van der Waals surface area (Å²) >= 11 is 5.64. The minimum absolute atomic E-state index is 0.348. The Kier molecular flexibility index (Phi) is 3.69. The van der Waals surface area contributed by atoms with Crippen LogP contribution in [-0.4, -0.2) is 21.5 Å². The second-order valence-electron chi connectivity index (χ2n) is 3.94. The van der Waals surface area contributed by atoms with Gasteiger partial charge < -0.3 is 9.67 Å². The molecule has 3 nitrogen and oxygen atoms in total. The van der Waals surface area contributed by atoms with Crippen molar-refractivity contribution >= 4 is 28.5 Å². The molecule has 0 spiro atoms. The zero-order valence-electron chi connectivity index (χ0n) is 9.40. The number of fused-ring (bicyclic) bond motifs is 1. The van der Waals surface area contributed by atoms with Gasteiger partial charge in [0.15, 0.2) is 0 Å². The summed E-state index contributed by atoms with van der Waals surface area (Å²) < 4.78 is 1.85. The molecule has 0 atom stereocenters. The number of para-hydroxylation sites is 1. The largest absolute Gasteiger partial charge is 0.477 e. The van der Waals surface area contributed by atoms with E-state index < -0.39 is 5.97 Å². The van der Waals surface area contributed by atoms with Crippen LogP contribution in [0.5, 0.6) is 0 Å². The highest BCUT2D eigenvalue weighted by Gasteiger charge is 2.13. The molecule has 4 heteroatoms. The number of hydrogen-bond acceptors (Lipinski definition) is 1. The lowest BCUT2D eigenvalue weighted by molar-refractivity contribution is 0.0685. The van der Waals surface area contributed by atoms with E-state index in [9.17, 15) is 9.90 Å². The third kappa shape index (κ3) is 2.44. The summed E-state index contributed by atoms with van der Waals surface area (Å²) in [6.07, 6.45) is 1.79. The van der Waals surface area contributed by atoms with Gasteiger partial charge in [-0.25, -0.2) is 4.79 Å². The first-order valence-electron chi connectivity index (χ1n) is 5.61. The third-order valence-electron chi connectivity index (χ3n) is 2.80. The Balaban J connectivity index is 2.41. The Morgan fingerprint density at radius 2 is 2.06 bits per heavy atom. The number of aromatic nitrogens is 1. The fourth-order valence-electron chi connectivity index (χ4n) is 1.99. The van der Waals surface area contributed by atoms with Crippen LogP contribution >= 0.6 is 11.6 Å². The van der Waals surface area contributed by atoms with Gasteiger partial charge in [-0.15, -0.1) is 11.6 Å². The minimum atomic E-state index is -0.882. The van der Waals surface area contributed by atoms with Crippen molar-refractivity contribution in [2.75, 3.05) is 5.88 Å². The minimum Gasteiger partial charge on any atom is -0.477 e. The number of unbranched alkanes of at least 4 members (excludes halogenated alkanes) is 1. The van der Waals surface area contributed by atoms with E-state index in [1.807, 2.05) is 28.8 Å². The summed E-state index contributed by atoms with van der Waals surface area (Å²) in [6, 6.07) is 9.43. The van der Waals surface area contributed by atoms with Gasteiger partial charge >= 0.3 is 5.97 Å². The number of halogens is 1. The molecule has 0 aliphatic rings. The lowest BCUT2D eigenvalue weighted by atomic mass is 10.2. The molecule has 1 aromatic heterocycles. The smallest absolute Gasteiger partial charge is 0.352 e. The molecule has 17 heavy (non-hydrogen) atoms. The van der Waals surface area contributed by atoms with Gasteiger partial charge in [0.1, 0.15) is 5.69 Å². The van der Waals surface area contributed by atoms with E-state index in [1.165, 1.54) is 0 Å². The number of carbonyl (C=O) groups is 1. The summed E-state index contributed by atoms with van der Waals surface area (Å²) in [5.74, 6) is -0.270. The molecule has 0 aliphatic heterocycles. The Bertz CT molecular complexity index is 533. The standard InChI is InChI=1S/C13H14ClNO2/c14-7-3-4-8-15-11-6-2-1-5-10(11)9-12(15)13(16)17/h1-2,5-6,9H,3-4,7-8H2,(H,16,17). The van der Waals surface area contributed by atoms with E-state index in [2.05, 4.69) is 0 Å². The molecule has 0 radical (unpaired) electrons. The summed E-state index contributed by atoms with van der Waals surface area (Å²) in [5.41, 5.74) is 1.32. The first-order valence-corrected chi connectivity index (χ1v) is 6.15. The molecule has 0 fully saturated rings. The van der Waals surface area contributed by atoms with Crippen molar-refractivity contribution in [3.05, 3.63) is 36.0 Å². The fraction of sp³-hybridized carbons (Fsp3) is 0.308. The highest BCUT2D eigenvalue weighted by atomic mass is 35.5. The number of hydrogen-bond donors (Lipinski definition) is 1. The number of carboxylic acids is 1. The molecule has 0 aliphatic carbocycles. The lowest BCUT2D eigenvalue weighted by Crippen LogP contribution is -2.08. The molecular formula is C13H14ClNO2. The van der Waals surface area contributed by atoms with Gasteiger partial charge in [0.05, 0.1) is 0 Å². The van der Waals surface area contributed by atoms with Gasteiger partial charge in [0.25, 0.3) is 0 Å². The van der Waals surface area contributed by atoms with Crippen LogP contribution in [0.15, 0.2) is 30.3 Å². The molecule has 1 N–H and O–H groups in total. The van der Waals surface area contributed by atoms with Gasteiger partial charge in [-0.1, -0.05) is 18.2 Å². The van der Waals surface area contributed by atoms with Gasteiger partial charge in [-0.3, -0.25) is 0 Å². The van der Waals surface area contributed by atoms with Crippen LogP contribution in [0.4, 0.5) is 0 Å². The van der Waals surface area contributed by atoms with Crippen LogP contribution in [0, 0.1) is 0 Å². The topological polar surface area (TPSA) is 42.2 Å². The van der Waals surface area contributed by atoms with Crippen molar-refractivity contribution in [2.24, 2.45) is 0 Å². The SMILES string of the molecule is O=C(O)c1cc2ccccc2n1CCCCCl. The second-order valence-corrected chi connectivity index (χ2v) is 4.32. The van der Waals surface area contributed by atoms with Gasteiger partial charge in [-0.05, 0) is 25.0 Å². The summed E-state index contributed by atoms with van der Waals surface area (Å²) in [4.78, 5) is 11.2. The Hall–Kier alpha value is -1.48. The van der Waals surface area contributed by atoms with E-state index in [0.29, 0.717) is 18.1 Å². The van der Waals surface area contributed by atoms with Crippen LogP contribution in [0.1, 0.15) is 23.3 Å². The average molecular weight is 252 g/mol. The molecule has 0 unspecified atom stereocenters. The molecule has 1 heterocycles. The van der Waals surface area contributed by atoms with E-state index >= 15 is 0 Å². The molecule has 90 valence electrons. The fourth-order valence-corrected chi connectivity index (χ4v) is 2.18. The van der Waals surface area contributed by atoms with E-state index in [0.717, 1.165) is 23.7 Å². The Morgan fingerprint density at radius 3 is 2.76 bits per heavy atom. The van der Waals surface area contributed by atoms with Crippen LogP contribution in [-0.2, 0) is 6.54 Å². The Labute approximate surface area is 105 Å². The first-order chi connectivity index (χ1) is 8.24. The summed E-state index contributed by atoms with van der Waals surface area (Å²) in [7, 11) is 0. The highest BCUT2D eigenvalue weighted by molar-refractivity contribution is 6.17. The predicted octanol–water partition coefficient (Wildman–Crippen LogP) is 3.36. The summed E-state index contributed by atoms with van der Waals surface area (Å²) in [5, 5.41) is 10.1. The zero-order chi connectivity index (χ0) is 12.3. The normalized spacial score (nSPS) is 10.9. The number of aryl methyl sites for hydroxylation is 1. The highest BCUT2D eigenvalue weighted by Crippen LogP contribution is 2.20. The second kappa shape index (κ2) is 5.23. The van der Waals surface area contributed by atoms with Crippen molar-refractivity contribution in [1.82, 2.24) is 4.57 Å². The molecule has 0 amide bonds. The van der Waals surface area contributed by atoms with Crippen LogP contribution in [0.2, 0.25) is 0 Å². The number of aromatic carboxylic acids is 1. The van der Waals surface area contributed by atoms with E-state index in [-0.39, 0.29) is 0 Å². The molecule has 2 rings (SSSR count). The number of rotatable bonds is 5. The monoisotopic (exact) mass is 251 g/mol. The summed E-state index contributed by atoms with van der Waals surface area (Å²) in [6.45, 7) is 0.696. The van der Waals surface area contributed by atoms with Crippen LogP contribution < -0.4 is 0 Å². The van der Waals surface area contributed by atoms with Crippen molar-refractivity contribution in [3.8, 4) is 0 Å². The van der Waals surface area contributed by atoms with E-state index in [1.54, 1.807) is 6.07 Å². The number of benzene rings is 1. The number of nitrogens with zero attached hydrogens (tertiary/aromatic N) is 1. The maximum Gasteiger partial charge on any atom is 0.352 e. The third-order valence-corrected chi connectivity index (χ3v) is 3.06. The van der Waals surface area contributed by atoms with Gasteiger partial charge in [-0.2, -0.15) is 0 Å². The molecular weight excluding hydrogens is 238 g/mol. The number of carboxylic acid groups (broad SMARTS) is 1. The van der Waals surface area contributed by atoms with Crippen LogP contribution in [0.3, 0.4) is 0 Å². The first kappa shape index (κ1) is 12.0. The van der Waals surface area contributed by atoms with Crippen molar-refractivity contribution in [3.63, 3.8) is 0 Å². The number of alkyl halides is 1. The van der Waals surface area contributed by atoms with Crippen molar-refractivity contribution in [2.45, 2.75) is 19.4 Å². The molecule has 0 bridgehead atoms. The van der Waals surface area contributed by atoms with Gasteiger partial charge in [0, 0.05) is 23.3 Å². The Morgan fingerprint density at radius 1 is 1.29 bits per heavy atom. The van der Waals surface area contributed by atoms with Crippen molar-refractivity contribution in [1.29, 1.82) is 0 Å². The zero-order valence-corrected chi connectivity index (χ0v) is 10.2. The van der Waals surface area contributed by atoms with Crippen LogP contribution in [0.25, 0.3) is 10.9 Å². The molecule has 0 saturated heterocycles. The molecule has 0 saturated carbocycles. The molecule has 1 aromatic carbocycles. The average Bonchev–Trinajstić information content (AvgIpc) is 2.69. The van der Waals surface area contributed by atoms with Crippen molar-refractivity contribution < 1.29 is 9.90 Å². The quantitative estimate of drug-likeness (QED) is 0.654. The maximum absolute atomic E-state index is 11.2. The maximum atomic E-state index is 11.2. The predicted molar refractivity (Wildman–Crippen MR) is 68.9 cm³/mol. The molecule has 2 aromatic rings. The van der Waals surface area contributed by atoms with E-state index in [4.69, 9.17) is 11.6 Å².